The number of ether oxygens (including phenoxy) is 1. The Hall–Kier alpha value is -1.92. The Morgan fingerprint density at radius 3 is 2.61 bits per heavy atom. The summed E-state index contributed by atoms with van der Waals surface area (Å²) in [4.78, 5) is 16.9. The molecule has 1 saturated heterocycles. The Bertz CT molecular complexity index is 798. The van der Waals surface area contributed by atoms with Crippen LogP contribution in [0.5, 0.6) is 5.75 Å². The Morgan fingerprint density at radius 1 is 1.11 bits per heavy atom. The molecule has 0 aromatic heterocycles. The van der Waals surface area contributed by atoms with Crippen LogP contribution in [0.25, 0.3) is 0 Å². The van der Waals surface area contributed by atoms with Gasteiger partial charge >= 0.3 is 0 Å². The van der Waals surface area contributed by atoms with Gasteiger partial charge in [0.2, 0.25) is 5.91 Å². The number of benzene rings is 2. The fourth-order valence-corrected chi connectivity index (χ4v) is 3.82. The Morgan fingerprint density at radius 2 is 1.89 bits per heavy atom. The molecular weight excluding hydrogens is 423 g/mol. The first-order valence-corrected chi connectivity index (χ1v) is 10.4. The van der Waals surface area contributed by atoms with Gasteiger partial charge in [0.15, 0.2) is 0 Å². The Labute approximate surface area is 174 Å². The molecule has 0 atom stereocenters. The van der Waals surface area contributed by atoms with Crippen LogP contribution in [-0.4, -0.2) is 49.0 Å². The van der Waals surface area contributed by atoms with Crippen LogP contribution in [-0.2, 0) is 17.8 Å². The van der Waals surface area contributed by atoms with Crippen molar-refractivity contribution in [3.05, 3.63) is 63.9 Å². The number of nitrogens with zero attached hydrogens (tertiary/aromatic N) is 2. The molecule has 6 heteroatoms. The summed E-state index contributed by atoms with van der Waals surface area (Å²) in [6.45, 7) is 4.18. The number of methoxy groups -OCH3 is 1. The predicted molar refractivity (Wildman–Crippen MR) is 112 cm³/mol. The van der Waals surface area contributed by atoms with Crippen LogP contribution < -0.4 is 4.74 Å². The van der Waals surface area contributed by atoms with E-state index in [2.05, 4.69) is 33.0 Å². The number of rotatable bonds is 6. The molecule has 150 valence electrons. The van der Waals surface area contributed by atoms with Gasteiger partial charge in [0.05, 0.1) is 7.11 Å². The second-order valence-electron chi connectivity index (χ2n) is 7.09. The molecule has 0 spiro atoms. The van der Waals surface area contributed by atoms with Crippen molar-refractivity contribution in [3.8, 4) is 5.75 Å². The zero-order chi connectivity index (χ0) is 19.9. The summed E-state index contributed by atoms with van der Waals surface area (Å²) in [7, 11) is 1.67. The van der Waals surface area contributed by atoms with Crippen molar-refractivity contribution in [3.63, 3.8) is 0 Å². The summed E-state index contributed by atoms with van der Waals surface area (Å²) >= 11 is 3.26. The second kappa shape index (κ2) is 10.0. The van der Waals surface area contributed by atoms with Gasteiger partial charge < -0.3 is 9.64 Å². The SMILES string of the molecule is COc1ccc(CN2CCCN(C(=O)CCc3ccc(Br)cc3F)CC2)cc1. The predicted octanol–water partition coefficient (Wildman–Crippen LogP) is 4.26. The molecule has 0 bridgehead atoms. The summed E-state index contributed by atoms with van der Waals surface area (Å²) in [5.74, 6) is 0.705. The minimum absolute atomic E-state index is 0.105. The van der Waals surface area contributed by atoms with Crippen LogP contribution >= 0.6 is 15.9 Å². The van der Waals surface area contributed by atoms with E-state index in [1.54, 1.807) is 13.2 Å². The molecule has 2 aromatic carbocycles. The average Bonchev–Trinajstić information content (AvgIpc) is 2.93. The van der Waals surface area contributed by atoms with Gasteiger partial charge in [-0.3, -0.25) is 9.69 Å². The van der Waals surface area contributed by atoms with Crippen molar-refractivity contribution in [1.82, 2.24) is 9.80 Å². The summed E-state index contributed by atoms with van der Waals surface area (Å²) in [5.41, 5.74) is 1.83. The molecule has 3 rings (SSSR count). The number of aryl methyl sites for hydroxylation is 1. The lowest BCUT2D eigenvalue weighted by Gasteiger charge is -2.22. The molecule has 1 heterocycles. The van der Waals surface area contributed by atoms with Gasteiger partial charge in [-0.1, -0.05) is 34.1 Å². The van der Waals surface area contributed by atoms with Gasteiger partial charge in [0.25, 0.3) is 0 Å². The Kier molecular flexibility index (Phi) is 7.45. The Balaban J connectivity index is 1.48. The molecule has 1 amide bonds. The first-order valence-electron chi connectivity index (χ1n) is 9.62. The second-order valence-corrected chi connectivity index (χ2v) is 8.01. The highest BCUT2D eigenvalue weighted by Crippen LogP contribution is 2.18. The summed E-state index contributed by atoms with van der Waals surface area (Å²) < 4.78 is 19.9. The molecule has 0 radical (unpaired) electrons. The van der Waals surface area contributed by atoms with E-state index < -0.39 is 0 Å². The van der Waals surface area contributed by atoms with Crippen molar-refractivity contribution in [2.24, 2.45) is 0 Å². The van der Waals surface area contributed by atoms with Crippen LogP contribution in [0.1, 0.15) is 24.0 Å². The maximum Gasteiger partial charge on any atom is 0.222 e. The fourth-order valence-electron chi connectivity index (χ4n) is 3.49. The van der Waals surface area contributed by atoms with E-state index in [0.717, 1.165) is 44.9 Å². The van der Waals surface area contributed by atoms with Gasteiger partial charge in [0.1, 0.15) is 11.6 Å². The maximum absolute atomic E-state index is 13.9. The third-order valence-electron chi connectivity index (χ3n) is 5.13. The van der Waals surface area contributed by atoms with E-state index in [4.69, 9.17) is 4.74 Å². The van der Waals surface area contributed by atoms with Crippen molar-refractivity contribution < 1.29 is 13.9 Å². The lowest BCUT2D eigenvalue weighted by atomic mass is 10.1. The largest absolute Gasteiger partial charge is 0.497 e. The lowest BCUT2D eigenvalue weighted by Crippen LogP contribution is -2.35. The molecule has 1 aliphatic heterocycles. The standard InChI is InChI=1S/C22H26BrFN2O2/c1-28-20-8-3-17(4-9-20)16-25-11-2-12-26(14-13-25)22(27)10-6-18-5-7-19(23)15-21(18)24/h3-5,7-9,15H,2,6,10-14,16H2,1H3. The first kappa shape index (κ1) is 20.8. The van der Waals surface area contributed by atoms with Crippen LogP contribution in [0.15, 0.2) is 46.9 Å². The van der Waals surface area contributed by atoms with Crippen molar-refractivity contribution in [2.45, 2.75) is 25.8 Å². The van der Waals surface area contributed by atoms with Gasteiger partial charge in [-0.05, 0) is 48.2 Å². The van der Waals surface area contributed by atoms with Crippen LogP contribution in [0.2, 0.25) is 0 Å². The topological polar surface area (TPSA) is 32.8 Å². The average molecular weight is 449 g/mol. The molecule has 0 unspecified atom stereocenters. The third-order valence-corrected chi connectivity index (χ3v) is 5.62. The third kappa shape index (κ3) is 5.79. The van der Waals surface area contributed by atoms with E-state index >= 15 is 0 Å². The highest BCUT2D eigenvalue weighted by atomic mass is 79.9. The van der Waals surface area contributed by atoms with Gasteiger partial charge in [0, 0.05) is 43.6 Å². The summed E-state index contributed by atoms with van der Waals surface area (Å²) in [6.07, 6.45) is 1.73. The van der Waals surface area contributed by atoms with E-state index in [1.807, 2.05) is 23.1 Å². The molecule has 0 aliphatic carbocycles. The van der Waals surface area contributed by atoms with Crippen molar-refractivity contribution >= 4 is 21.8 Å². The minimum atomic E-state index is -0.260. The zero-order valence-corrected chi connectivity index (χ0v) is 17.8. The first-order chi connectivity index (χ1) is 13.5. The van der Waals surface area contributed by atoms with E-state index in [1.165, 1.54) is 11.6 Å². The van der Waals surface area contributed by atoms with E-state index in [0.29, 0.717) is 22.9 Å². The van der Waals surface area contributed by atoms with Crippen LogP contribution in [0, 0.1) is 5.82 Å². The molecular formula is C22H26BrFN2O2. The molecule has 4 nitrogen and oxygen atoms in total. The molecule has 2 aromatic rings. The van der Waals surface area contributed by atoms with Gasteiger partial charge in [-0.2, -0.15) is 0 Å². The normalized spacial score (nSPS) is 15.3. The lowest BCUT2D eigenvalue weighted by molar-refractivity contribution is -0.131. The van der Waals surface area contributed by atoms with Gasteiger partial charge in [-0.15, -0.1) is 0 Å². The van der Waals surface area contributed by atoms with Crippen molar-refractivity contribution in [1.29, 1.82) is 0 Å². The summed E-state index contributed by atoms with van der Waals surface area (Å²) in [6, 6.07) is 13.1. The highest BCUT2D eigenvalue weighted by molar-refractivity contribution is 9.10. The number of halogens is 2. The van der Waals surface area contributed by atoms with Crippen LogP contribution in [0.3, 0.4) is 0 Å². The number of hydrogen-bond donors (Lipinski definition) is 0. The number of amides is 1. The van der Waals surface area contributed by atoms with E-state index in [9.17, 15) is 9.18 Å². The number of hydrogen-bond acceptors (Lipinski definition) is 3. The van der Waals surface area contributed by atoms with E-state index in [-0.39, 0.29) is 11.7 Å². The van der Waals surface area contributed by atoms with Crippen LogP contribution in [0.4, 0.5) is 4.39 Å². The monoisotopic (exact) mass is 448 g/mol. The highest BCUT2D eigenvalue weighted by Gasteiger charge is 2.19. The maximum atomic E-state index is 13.9. The minimum Gasteiger partial charge on any atom is -0.497 e. The molecule has 1 fully saturated rings. The van der Waals surface area contributed by atoms with Gasteiger partial charge in [-0.25, -0.2) is 4.39 Å². The number of carbonyl (C=O) groups excluding carboxylic acids is 1. The molecule has 1 aliphatic rings. The molecule has 0 saturated carbocycles. The smallest absolute Gasteiger partial charge is 0.222 e. The zero-order valence-electron chi connectivity index (χ0n) is 16.2. The van der Waals surface area contributed by atoms with Crippen molar-refractivity contribution in [2.75, 3.05) is 33.3 Å². The number of carbonyl (C=O) groups is 1. The quantitative estimate of drug-likeness (QED) is 0.661. The molecule has 0 N–H and O–H groups in total. The fraction of sp³-hybridized carbons (Fsp3) is 0.409. The summed E-state index contributed by atoms with van der Waals surface area (Å²) in [5, 5.41) is 0. The molecule has 28 heavy (non-hydrogen) atoms.